The van der Waals surface area contributed by atoms with Gasteiger partial charge < -0.3 is 20.5 Å². The number of fused-ring (bicyclic) bond motifs is 1. The minimum atomic E-state index is -0.569. The van der Waals surface area contributed by atoms with Crippen LogP contribution in [0.1, 0.15) is 46.9 Å². The van der Waals surface area contributed by atoms with Gasteiger partial charge in [0.25, 0.3) is 5.91 Å². The molecule has 0 unspecified atom stereocenters. The summed E-state index contributed by atoms with van der Waals surface area (Å²) in [6.45, 7) is 5.43. The van der Waals surface area contributed by atoms with Gasteiger partial charge in [0, 0.05) is 25.6 Å². The van der Waals surface area contributed by atoms with E-state index in [1.165, 1.54) is 27.8 Å². The van der Waals surface area contributed by atoms with Crippen molar-refractivity contribution >= 4 is 40.4 Å². The first kappa shape index (κ1) is 30.8. The van der Waals surface area contributed by atoms with E-state index in [1.807, 2.05) is 59.4 Å². The number of primary amides is 1. The Morgan fingerprint density at radius 3 is 2.05 bits per heavy atom. The first-order chi connectivity index (χ1) is 21.3. The van der Waals surface area contributed by atoms with Gasteiger partial charge in [-0.15, -0.1) is 0 Å². The summed E-state index contributed by atoms with van der Waals surface area (Å²) >= 11 is 1.45. The molecule has 2 amide bonds. The number of hydrogen-bond donors (Lipinski definition) is 2. The minimum absolute atomic E-state index is 0.0796. The molecule has 226 valence electrons. The maximum absolute atomic E-state index is 14.2. The molecule has 2 heterocycles. The molecule has 2 aromatic heterocycles. The summed E-state index contributed by atoms with van der Waals surface area (Å²) in [4.78, 5) is 37.5. The lowest BCUT2D eigenvalue weighted by Crippen LogP contribution is -2.39. The highest BCUT2D eigenvalue weighted by molar-refractivity contribution is 7.98. The molecule has 3 aromatic carbocycles. The highest BCUT2D eigenvalue weighted by Gasteiger charge is 2.26. The number of rotatable bonds is 13. The van der Waals surface area contributed by atoms with E-state index in [1.54, 1.807) is 0 Å². The average Bonchev–Trinajstić information content (AvgIpc) is 3.39. The molecule has 44 heavy (non-hydrogen) atoms. The number of benzene rings is 3. The molecule has 0 atom stereocenters. The van der Waals surface area contributed by atoms with Crippen molar-refractivity contribution in [2.75, 3.05) is 24.7 Å². The van der Waals surface area contributed by atoms with Gasteiger partial charge in [0.1, 0.15) is 23.7 Å². The largest absolute Gasteiger partial charge is 0.368 e. The lowest BCUT2D eigenvalue weighted by atomic mass is 9.91. The van der Waals surface area contributed by atoms with Gasteiger partial charge in [0.2, 0.25) is 5.91 Å². The van der Waals surface area contributed by atoms with Crippen molar-refractivity contribution in [2.24, 2.45) is 11.7 Å². The van der Waals surface area contributed by atoms with Crippen LogP contribution in [0.15, 0.2) is 102 Å². The third-order valence-electron chi connectivity index (χ3n) is 7.41. The van der Waals surface area contributed by atoms with Crippen molar-refractivity contribution in [1.29, 1.82) is 0 Å². The molecule has 0 saturated carbocycles. The topological polar surface area (TPSA) is 106 Å². The molecule has 0 aliphatic carbocycles. The fourth-order valence-corrected chi connectivity index (χ4v) is 5.77. The van der Waals surface area contributed by atoms with Gasteiger partial charge in [0.05, 0.1) is 5.39 Å². The third-order valence-corrected chi connectivity index (χ3v) is 7.96. The highest BCUT2D eigenvalue weighted by Crippen LogP contribution is 2.31. The number of nitrogens with two attached hydrogens (primary N) is 1. The monoisotopic (exact) mass is 606 g/mol. The Labute approximate surface area is 262 Å². The lowest BCUT2D eigenvalue weighted by molar-refractivity contribution is -0.118. The number of nitrogens with one attached hydrogen (secondary N) is 1. The summed E-state index contributed by atoms with van der Waals surface area (Å²) in [5.74, 6) is 0.128. The fourth-order valence-electron chi connectivity index (χ4n) is 5.41. The molecule has 0 saturated heterocycles. The molecule has 8 nitrogen and oxygen atoms in total. The zero-order valence-electron chi connectivity index (χ0n) is 25.3. The number of hydrogen-bond acceptors (Lipinski definition) is 6. The third kappa shape index (κ3) is 7.29. The van der Waals surface area contributed by atoms with Gasteiger partial charge in [0.15, 0.2) is 5.16 Å². The average molecular weight is 607 g/mol. The highest BCUT2D eigenvalue weighted by atomic mass is 32.2. The maximum Gasteiger partial charge on any atom is 0.271 e. The second-order valence-electron chi connectivity index (χ2n) is 11.2. The van der Waals surface area contributed by atoms with Crippen molar-refractivity contribution in [1.82, 2.24) is 19.4 Å². The summed E-state index contributed by atoms with van der Waals surface area (Å²) in [5, 5.41) is 4.98. The van der Waals surface area contributed by atoms with E-state index in [9.17, 15) is 9.59 Å². The van der Waals surface area contributed by atoms with Gasteiger partial charge in [-0.25, -0.2) is 9.97 Å². The van der Waals surface area contributed by atoms with Crippen LogP contribution in [0.4, 0.5) is 5.82 Å². The summed E-state index contributed by atoms with van der Waals surface area (Å²) in [6.07, 6.45) is 1.94. The molecule has 5 aromatic rings. The molecule has 0 aliphatic rings. The second kappa shape index (κ2) is 14.2. The fraction of sp³-hybridized carbons (Fsp3) is 0.257. The zero-order valence-corrected chi connectivity index (χ0v) is 26.1. The Bertz CT molecular complexity index is 1670. The van der Waals surface area contributed by atoms with Gasteiger partial charge in [-0.1, -0.05) is 117 Å². The lowest BCUT2D eigenvalue weighted by Gasteiger charge is -2.22. The molecule has 9 heteroatoms. The maximum atomic E-state index is 14.2. The van der Waals surface area contributed by atoms with Crippen LogP contribution in [-0.2, 0) is 17.9 Å². The molecule has 0 aliphatic heterocycles. The molecule has 5 rings (SSSR count). The number of carbonyl (C=O) groups excluding carboxylic acids is 2. The number of anilines is 1. The smallest absolute Gasteiger partial charge is 0.271 e. The van der Waals surface area contributed by atoms with Gasteiger partial charge in [-0.05, 0) is 34.9 Å². The molecular weight excluding hydrogens is 568 g/mol. The van der Waals surface area contributed by atoms with Crippen LogP contribution in [0.25, 0.3) is 11.0 Å². The number of aromatic nitrogens is 3. The zero-order chi connectivity index (χ0) is 31.1. The molecule has 0 bridgehead atoms. The van der Waals surface area contributed by atoms with Crippen LogP contribution >= 0.6 is 11.8 Å². The van der Waals surface area contributed by atoms with E-state index < -0.39 is 5.91 Å². The van der Waals surface area contributed by atoms with Crippen LogP contribution in [-0.4, -0.2) is 50.6 Å². The number of carbonyl (C=O) groups is 2. The van der Waals surface area contributed by atoms with E-state index in [-0.39, 0.29) is 30.8 Å². The summed E-state index contributed by atoms with van der Waals surface area (Å²) in [6, 6.07) is 32.3. The van der Waals surface area contributed by atoms with Crippen molar-refractivity contribution < 1.29 is 9.59 Å². The van der Waals surface area contributed by atoms with E-state index >= 15 is 0 Å². The van der Waals surface area contributed by atoms with E-state index in [0.29, 0.717) is 35.4 Å². The summed E-state index contributed by atoms with van der Waals surface area (Å²) < 4.78 is 1.96. The normalized spacial score (nSPS) is 11.3. The Kier molecular flexibility index (Phi) is 9.96. The van der Waals surface area contributed by atoms with Gasteiger partial charge in [-0.2, -0.15) is 0 Å². The number of thioether (sulfide) groups is 1. The predicted octanol–water partition coefficient (Wildman–Crippen LogP) is 6.18. The molecule has 3 N–H and O–H groups in total. The van der Waals surface area contributed by atoms with Crippen LogP contribution < -0.4 is 11.1 Å². The summed E-state index contributed by atoms with van der Waals surface area (Å²) in [5.41, 5.74) is 10.0. The Balaban J connectivity index is 1.57. The Morgan fingerprint density at radius 1 is 0.909 bits per heavy atom. The van der Waals surface area contributed by atoms with Crippen LogP contribution in [0.5, 0.6) is 0 Å². The van der Waals surface area contributed by atoms with Crippen molar-refractivity contribution in [3.8, 4) is 0 Å². The number of amides is 2. The quantitative estimate of drug-likeness (QED) is 0.122. The van der Waals surface area contributed by atoms with Crippen molar-refractivity contribution in [3.63, 3.8) is 0 Å². The molecule has 0 spiro atoms. The molecular formula is C35H38N6O2S. The Hall–Kier alpha value is -4.63. The first-order valence-electron chi connectivity index (χ1n) is 14.7. The van der Waals surface area contributed by atoms with Gasteiger partial charge in [-0.3, -0.25) is 9.59 Å². The van der Waals surface area contributed by atoms with Crippen LogP contribution in [0.2, 0.25) is 0 Å². The predicted molar refractivity (Wildman–Crippen MR) is 178 cm³/mol. The summed E-state index contributed by atoms with van der Waals surface area (Å²) in [7, 11) is 0. The van der Waals surface area contributed by atoms with E-state index in [2.05, 4.69) is 67.7 Å². The minimum Gasteiger partial charge on any atom is -0.368 e. The number of nitrogens with zero attached hydrogens (tertiary/aromatic N) is 4. The van der Waals surface area contributed by atoms with E-state index in [4.69, 9.17) is 15.7 Å². The van der Waals surface area contributed by atoms with Crippen LogP contribution in [0, 0.1) is 5.92 Å². The Morgan fingerprint density at radius 2 is 1.50 bits per heavy atom. The SMILES string of the molecule is CSc1nc(NCC(c2ccccc2)c2ccccc2)c2cc(C(=O)N(CC(N)=O)Cc3ccccc3)n(CC(C)C)c2n1. The van der Waals surface area contributed by atoms with E-state index in [0.717, 1.165) is 10.9 Å². The second-order valence-corrected chi connectivity index (χ2v) is 12.0. The van der Waals surface area contributed by atoms with Crippen molar-refractivity contribution in [2.45, 2.75) is 38.0 Å². The van der Waals surface area contributed by atoms with Crippen LogP contribution in [0.3, 0.4) is 0 Å². The van der Waals surface area contributed by atoms with Crippen molar-refractivity contribution in [3.05, 3.63) is 119 Å². The molecule has 0 radical (unpaired) electrons. The standard InChI is InChI=1S/C35H38N6O2S/c1-24(2)21-41-30(34(43)40(23-31(36)42)22-25-13-7-4-8-14-25)19-28-32(38-35(44-3)39-33(28)41)37-20-29(26-15-9-5-10-16-26)27-17-11-6-12-18-27/h4-19,24,29H,20-23H2,1-3H3,(H2,36,42)(H,37,38,39). The van der Waals surface area contributed by atoms with Gasteiger partial charge >= 0.3 is 0 Å². The molecule has 0 fully saturated rings. The first-order valence-corrected chi connectivity index (χ1v) is 16.0.